The molecule has 0 spiro atoms. The number of hydrazine groups is 1. The van der Waals surface area contributed by atoms with Crippen LogP contribution in [0, 0.1) is 0 Å². The lowest BCUT2D eigenvalue weighted by molar-refractivity contribution is -0.140. The molecule has 30 heavy (non-hydrogen) atoms. The molecule has 0 amide bonds. The predicted molar refractivity (Wildman–Crippen MR) is 115 cm³/mol. The van der Waals surface area contributed by atoms with Crippen molar-refractivity contribution >= 4 is 27.6 Å². The largest absolute Gasteiger partial charge is 0.378 e. The van der Waals surface area contributed by atoms with Crippen molar-refractivity contribution in [2.24, 2.45) is 9.98 Å². The van der Waals surface area contributed by atoms with Gasteiger partial charge in [0.2, 0.25) is 0 Å². The highest BCUT2D eigenvalue weighted by Crippen LogP contribution is 2.32. The zero-order chi connectivity index (χ0) is 20.5. The second kappa shape index (κ2) is 7.85. The number of nitrogens with zero attached hydrogens (tertiary/aromatic N) is 3. The van der Waals surface area contributed by atoms with Crippen molar-refractivity contribution < 1.29 is 9.63 Å². The monoisotopic (exact) mass is 460 g/mol. The van der Waals surface area contributed by atoms with Crippen molar-refractivity contribution in [2.45, 2.75) is 12.5 Å². The highest BCUT2D eigenvalue weighted by Gasteiger charge is 2.34. The third-order valence-corrected chi connectivity index (χ3v) is 5.54. The van der Waals surface area contributed by atoms with Gasteiger partial charge in [0.25, 0.3) is 0 Å². The molecule has 0 aromatic heterocycles. The first-order valence-corrected chi connectivity index (χ1v) is 10.3. The number of hydrogen-bond acceptors (Lipinski definition) is 6. The molecular formula is C23H17BrN4O2. The molecule has 1 unspecified atom stereocenters. The molecule has 6 nitrogen and oxygen atoms in total. The summed E-state index contributed by atoms with van der Waals surface area (Å²) in [5.41, 5.74) is 5.53. The Morgan fingerprint density at radius 1 is 0.933 bits per heavy atom. The van der Waals surface area contributed by atoms with Crippen molar-refractivity contribution in [1.29, 1.82) is 0 Å². The topological polar surface area (TPSA) is 66.3 Å². The van der Waals surface area contributed by atoms with Crippen molar-refractivity contribution in [3.63, 3.8) is 0 Å². The highest BCUT2D eigenvalue weighted by atomic mass is 79.9. The van der Waals surface area contributed by atoms with Crippen LogP contribution in [0.1, 0.15) is 18.0 Å². The molecule has 1 atom stereocenters. The number of rotatable bonds is 2. The number of halogens is 1. The fourth-order valence-corrected chi connectivity index (χ4v) is 3.83. The lowest BCUT2D eigenvalue weighted by Gasteiger charge is -2.18. The molecule has 1 fully saturated rings. The second-order valence-electron chi connectivity index (χ2n) is 6.95. The van der Waals surface area contributed by atoms with Crippen molar-refractivity contribution in [3.05, 3.63) is 111 Å². The maximum Gasteiger partial charge on any atom is 0.378 e. The summed E-state index contributed by atoms with van der Waals surface area (Å²) in [7, 11) is 0. The van der Waals surface area contributed by atoms with E-state index in [1.165, 1.54) is 0 Å². The SMILES string of the molecule is O=C1ONN(c2ccc(Br)cc2)/C1=C1\CC(c2ccccc2)N=c2ccccc2=N1. The molecule has 5 rings (SSSR count). The Kier molecular flexibility index (Phi) is 4.90. The number of carbonyl (C=O) groups is 1. The second-order valence-corrected chi connectivity index (χ2v) is 7.86. The van der Waals surface area contributed by atoms with Crippen LogP contribution in [0.4, 0.5) is 5.69 Å². The molecule has 0 saturated carbocycles. The highest BCUT2D eigenvalue weighted by molar-refractivity contribution is 9.10. The number of nitrogens with one attached hydrogen (secondary N) is 1. The molecule has 1 N–H and O–H groups in total. The Balaban J connectivity index is 1.70. The zero-order valence-corrected chi connectivity index (χ0v) is 17.4. The van der Waals surface area contributed by atoms with Crippen LogP contribution in [-0.4, -0.2) is 5.97 Å². The Morgan fingerprint density at radius 2 is 1.63 bits per heavy atom. The average molecular weight is 461 g/mol. The number of hydrogen-bond donors (Lipinski definition) is 1. The number of fused-ring (bicyclic) bond motifs is 1. The molecule has 2 aliphatic heterocycles. The van der Waals surface area contributed by atoms with Crippen LogP contribution in [0.15, 0.2) is 105 Å². The molecule has 1 saturated heterocycles. The van der Waals surface area contributed by atoms with Gasteiger partial charge in [-0.15, -0.1) is 0 Å². The van der Waals surface area contributed by atoms with E-state index in [1.54, 1.807) is 5.01 Å². The normalized spacial score (nSPS) is 20.6. The van der Waals surface area contributed by atoms with E-state index in [2.05, 4.69) is 21.5 Å². The van der Waals surface area contributed by atoms with Gasteiger partial charge in [-0.05, 0) is 42.0 Å². The summed E-state index contributed by atoms with van der Waals surface area (Å²) in [5.74, 6) is -0.470. The fourth-order valence-electron chi connectivity index (χ4n) is 3.56. The standard InChI is InChI=1S/C23H17BrN4O2/c24-16-10-12-17(13-11-16)28-22(23(29)30-27-28)21-14-20(15-6-2-1-3-7-15)25-18-8-4-5-9-19(18)26-21/h1-13,20,27H,14H2/b22-21+. The third kappa shape index (κ3) is 3.53. The van der Waals surface area contributed by atoms with Crippen molar-refractivity contribution in [1.82, 2.24) is 5.59 Å². The van der Waals surface area contributed by atoms with Crippen LogP contribution in [0.2, 0.25) is 0 Å². The van der Waals surface area contributed by atoms with Gasteiger partial charge in [-0.25, -0.2) is 14.8 Å². The summed E-state index contributed by atoms with van der Waals surface area (Å²) >= 11 is 3.44. The average Bonchev–Trinajstić information content (AvgIpc) is 3.05. The molecule has 2 aliphatic rings. The van der Waals surface area contributed by atoms with Gasteiger partial charge < -0.3 is 4.84 Å². The van der Waals surface area contributed by atoms with Crippen molar-refractivity contribution in [2.75, 3.05) is 5.01 Å². The van der Waals surface area contributed by atoms with E-state index >= 15 is 0 Å². The maximum absolute atomic E-state index is 12.7. The van der Waals surface area contributed by atoms with Crippen LogP contribution < -0.4 is 21.3 Å². The number of anilines is 1. The molecule has 7 heteroatoms. The van der Waals surface area contributed by atoms with Gasteiger partial charge in [0.15, 0.2) is 5.70 Å². The Morgan fingerprint density at radius 3 is 2.40 bits per heavy atom. The summed E-state index contributed by atoms with van der Waals surface area (Å²) in [5, 5.41) is 3.16. The summed E-state index contributed by atoms with van der Waals surface area (Å²) in [4.78, 5) is 27.6. The summed E-state index contributed by atoms with van der Waals surface area (Å²) in [6.07, 6.45) is 0.470. The van der Waals surface area contributed by atoms with Gasteiger partial charge in [-0.3, -0.25) is 4.99 Å². The molecule has 3 aromatic rings. The number of carbonyl (C=O) groups excluding carboxylic acids is 1. The number of benzene rings is 3. The number of para-hydroxylation sites is 2. The fraction of sp³-hybridized carbons (Fsp3) is 0.0870. The van der Waals surface area contributed by atoms with Crippen LogP contribution in [0.3, 0.4) is 0 Å². The maximum atomic E-state index is 12.7. The van der Waals surface area contributed by atoms with Gasteiger partial charge >= 0.3 is 5.97 Å². The van der Waals surface area contributed by atoms with E-state index < -0.39 is 5.97 Å². The first kappa shape index (κ1) is 18.7. The van der Waals surface area contributed by atoms with Crippen LogP contribution in [-0.2, 0) is 9.63 Å². The van der Waals surface area contributed by atoms with E-state index in [9.17, 15) is 4.79 Å². The van der Waals surface area contributed by atoms with Crippen LogP contribution >= 0.6 is 15.9 Å². The van der Waals surface area contributed by atoms with Gasteiger partial charge in [-0.1, -0.05) is 64.0 Å². The van der Waals surface area contributed by atoms with Gasteiger partial charge in [0.05, 0.1) is 28.1 Å². The minimum Gasteiger partial charge on any atom is -0.345 e. The molecule has 0 radical (unpaired) electrons. The molecule has 0 bridgehead atoms. The first-order chi connectivity index (χ1) is 14.7. The quantitative estimate of drug-likeness (QED) is 0.594. The smallest absolute Gasteiger partial charge is 0.345 e. The van der Waals surface area contributed by atoms with E-state index in [1.807, 2.05) is 78.9 Å². The molecule has 148 valence electrons. The summed E-state index contributed by atoms with van der Waals surface area (Å²) in [6, 6.07) is 25.2. The van der Waals surface area contributed by atoms with Crippen LogP contribution in [0.25, 0.3) is 0 Å². The van der Waals surface area contributed by atoms with Gasteiger partial charge in [-0.2, -0.15) is 0 Å². The third-order valence-electron chi connectivity index (χ3n) is 5.01. The first-order valence-electron chi connectivity index (χ1n) is 9.51. The summed E-state index contributed by atoms with van der Waals surface area (Å²) < 4.78 is 0.947. The molecule has 3 aromatic carbocycles. The Hall–Kier alpha value is -3.29. The zero-order valence-electron chi connectivity index (χ0n) is 15.8. The molecular weight excluding hydrogens is 444 g/mol. The van der Waals surface area contributed by atoms with E-state index in [0.29, 0.717) is 17.8 Å². The van der Waals surface area contributed by atoms with E-state index in [4.69, 9.17) is 14.8 Å². The minimum atomic E-state index is -0.470. The van der Waals surface area contributed by atoms with Gasteiger partial charge in [0.1, 0.15) is 0 Å². The Labute approximate surface area is 181 Å². The minimum absolute atomic E-state index is 0.165. The van der Waals surface area contributed by atoms with Crippen molar-refractivity contribution in [3.8, 4) is 0 Å². The lowest BCUT2D eigenvalue weighted by Crippen LogP contribution is -2.29. The van der Waals surface area contributed by atoms with E-state index in [0.717, 1.165) is 26.4 Å². The summed E-state index contributed by atoms with van der Waals surface area (Å²) in [6.45, 7) is 0. The van der Waals surface area contributed by atoms with Gasteiger partial charge in [0, 0.05) is 10.9 Å². The molecule has 2 heterocycles. The van der Waals surface area contributed by atoms with Crippen LogP contribution in [0.5, 0.6) is 0 Å². The molecule has 0 aliphatic carbocycles. The predicted octanol–water partition coefficient (Wildman–Crippen LogP) is 3.53. The Bertz CT molecular complexity index is 1260. The lowest BCUT2D eigenvalue weighted by atomic mass is 10.0. The van der Waals surface area contributed by atoms with E-state index in [-0.39, 0.29) is 6.04 Å².